The van der Waals surface area contributed by atoms with Crippen LogP contribution in [0.1, 0.15) is 32.8 Å². The molecular formula is C16H20O. The highest BCUT2D eigenvalue weighted by Crippen LogP contribution is 2.27. The van der Waals surface area contributed by atoms with Crippen LogP contribution in [0.4, 0.5) is 0 Å². The van der Waals surface area contributed by atoms with Gasteiger partial charge in [-0.2, -0.15) is 0 Å². The van der Waals surface area contributed by atoms with Crippen molar-refractivity contribution in [3.8, 4) is 0 Å². The average molecular weight is 228 g/mol. The summed E-state index contributed by atoms with van der Waals surface area (Å²) < 4.78 is 6.00. The first-order valence-electron chi connectivity index (χ1n) is 6.15. The number of hydrogen-bond acceptors (Lipinski definition) is 1. The van der Waals surface area contributed by atoms with Crippen LogP contribution < -0.4 is 0 Å². The Balaban J connectivity index is 2.06. The number of rotatable bonds is 2. The van der Waals surface area contributed by atoms with E-state index in [1.54, 1.807) is 0 Å². The highest BCUT2D eigenvalue weighted by molar-refractivity contribution is 5.49. The molecule has 0 saturated heterocycles. The van der Waals surface area contributed by atoms with Crippen LogP contribution in [0.3, 0.4) is 0 Å². The molecule has 1 unspecified atom stereocenters. The Bertz CT molecular complexity index is 426. The number of benzene rings is 1. The molecular weight excluding hydrogens is 208 g/mol. The quantitative estimate of drug-likeness (QED) is 0.689. The summed E-state index contributed by atoms with van der Waals surface area (Å²) in [5, 5.41) is 0. The van der Waals surface area contributed by atoms with E-state index in [0.717, 1.165) is 6.42 Å². The highest BCUT2D eigenvalue weighted by Gasteiger charge is 2.25. The molecule has 1 nitrogen and oxygen atoms in total. The van der Waals surface area contributed by atoms with Gasteiger partial charge in [-0.1, -0.05) is 54.1 Å². The minimum Gasteiger partial charge on any atom is -0.364 e. The van der Waals surface area contributed by atoms with Crippen molar-refractivity contribution in [3.63, 3.8) is 0 Å². The molecule has 1 aliphatic rings. The van der Waals surface area contributed by atoms with Crippen LogP contribution in [0.15, 0.2) is 48.1 Å². The van der Waals surface area contributed by atoms with E-state index in [2.05, 4.69) is 63.3 Å². The minimum absolute atomic E-state index is 0.145. The Labute approximate surface area is 104 Å². The molecule has 0 radical (unpaired) electrons. The molecule has 1 aliphatic heterocycles. The fourth-order valence-electron chi connectivity index (χ4n) is 2.33. The van der Waals surface area contributed by atoms with E-state index in [0.29, 0.717) is 0 Å². The summed E-state index contributed by atoms with van der Waals surface area (Å²) in [5.41, 5.74) is 2.48. The van der Waals surface area contributed by atoms with Gasteiger partial charge in [0.05, 0.1) is 11.7 Å². The van der Waals surface area contributed by atoms with Crippen molar-refractivity contribution in [2.45, 2.75) is 38.9 Å². The first kappa shape index (κ1) is 12.1. The van der Waals surface area contributed by atoms with Crippen LogP contribution in [0.2, 0.25) is 0 Å². The molecule has 0 fully saturated rings. The number of ether oxygens (including phenoxy) is 1. The van der Waals surface area contributed by atoms with Gasteiger partial charge in [-0.25, -0.2) is 0 Å². The van der Waals surface area contributed by atoms with Gasteiger partial charge in [0.1, 0.15) is 0 Å². The van der Waals surface area contributed by atoms with E-state index in [9.17, 15) is 0 Å². The highest BCUT2D eigenvalue weighted by atomic mass is 16.5. The molecule has 90 valence electrons. The van der Waals surface area contributed by atoms with Crippen molar-refractivity contribution < 1.29 is 4.74 Å². The van der Waals surface area contributed by atoms with Crippen LogP contribution in [0.5, 0.6) is 0 Å². The summed E-state index contributed by atoms with van der Waals surface area (Å²) in [6.07, 6.45) is 7.69. The maximum Gasteiger partial charge on any atom is 0.0817 e. The lowest BCUT2D eigenvalue weighted by Crippen LogP contribution is -2.32. The van der Waals surface area contributed by atoms with Gasteiger partial charge in [0.15, 0.2) is 0 Å². The zero-order valence-electron chi connectivity index (χ0n) is 10.8. The third-order valence-corrected chi connectivity index (χ3v) is 2.88. The standard InChI is InChI=1S/C16H20O/c1-13-11-15(17-16(2,3)12-13)10-9-14-7-5-4-6-8-14/h4-10,12,15H,11H2,1-3H3/b10-9+. The maximum atomic E-state index is 6.00. The largest absolute Gasteiger partial charge is 0.364 e. The second kappa shape index (κ2) is 4.89. The molecule has 1 aromatic carbocycles. The predicted molar refractivity (Wildman–Crippen MR) is 72.8 cm³/mol. The van der Waals surface area contributed by atoms with Crippen LogP contribution in [-0.2, 0) is 4.74 Å². The SMILES string of the molecule is CC1=CC(C)(C)OC(/C=C/c2ccccc2)C1. The van der Waals surface area contributed by atoms with E-state index in [-0.39, 0.29) is 11.7 Å². The lowest BCUT2D eigenvalue weighted by molar-refractivity contribution is -0.0272. The van der Waals surface area contributed by atoms with Gasteiger partial charge in [0.2, 0.25) is 0 Å². The average Bonchev–Trinajstić information content (AvgIpc) is 2.25. The van der Waals surface area contributed by atoms with Gasteiger partial charge in [-0.15, -0.1) is 0 Å². The van der Waals surface area contributed by atoms with Gasteiger partial charge in [-0.3, -0.25) is 0 Å². The molecule has 0 aromatic heterocycles. The Morgan fingerprint density at radius 2 is 1.94 bits per heavy atom. The molecule has 0 amide bonds. The smallest absolute Gasteiger partial charge is 0.0817 e. The topological polar surface area (TPSA) is 9.23 Å². The third-order valence-electron chi connectivity index (χ3n) is 2.88. The van der Waals surface area contributed by atoms with E-state index < -0.39 is 0 Å². The fraction of sp³-hybridized carbons (Fsp3) is 0.375. The normalized spacial score (nSPS) is 23.7. The van der Waals surface area contributed by atoms with Crippen LogP contribution >= 0.6 is 0 Å². The summed E-state index contributed by atoms with van der Waals surface area (Å²) in [5.74, 6) is 0. The fourth-order valence-corrected chi connectivity index (χ4v) is 2.33. The molecule has 0 saturated carbocycles. The Hall–Kier alpha value is -1.34. The summed E-state index contributed by atoms with van der Waals surface area (Å²) in [6.45, 7) is 6.39. The summed E-state index contributed by atoms with van der Waals surface area (Å²) >= 11 is 0. The lowest BCUT2D eigenvalue weighted by atomic mass is 9.96. The minimum atomic E-state index is -0.145. The third kappa shape index (κ3) is 3.57. The van der Waals surface area contributed by atoms with E-state index in [1.807, 2.05) is 6.07 Å². The van der Waals surface area contributed by atoms with Crippen molar-refractivity contribution in [1.82, 2.24) is 0 Å². The Morgan fingerprint density at radius 3 is 2.59 bits per heavy atom. The van der Waals surface area contributed by atoms with Crippen molar-refractivity contribution in [2.24, 2.45) is 0 Å². The Kier molecular flexibility index (Phi) is 3.49. The van der Waals surface area contributed by atoms with E-state index >= 15 is 0 Å². The second-order valence-corrected chi connectivity index (χ2v) is 5.22. The monoisotopic (exact) mass is 228 g/mol. The van der Waals surface area contributed by atoms with E-state index in [1.165, 1.54) is 11.1 Å². The molecule has 17 heavy (non-hydrogen) atoms. The maximum absolute atomic E-state index is 6.00. The van der Waals surface area contributed by atoms with Crippen LogP contribution in [-0.4, -0.2) is 11.7 Å². The first-order valence-corrected chi connectivity index (χ1v) is 6.15. The Morgan fingerprint density at radius 1 is 1.24 bits per heavy atom. The molecule has 1 heterocycles. The molecule has 0 spiro atoms. The summed E-state index contributed by atoms with van der Waals surface area (Å²) in [7, 11) is 0. The molecule has 2 rings (SSSR count). The van der Waals surface area contributed by atoms with Crippen LogP contribution in [0, 0.1) is 0 Å². The predicted octanol–water partition coefficient (Wildman–Crippen LogP) is 4.21. The molecule has 0 bridgehead atoms. The van der Waals surface area contributed by atoms with Crippen molar-refractivity contribution >= 4 is 6.08 Å². The van der Waals surface area contributed by atoms with Crippen molar-refractivity contribution in [1.29, 1.82) is 0 Å². The van der Waals surface area contributed by atoms with Gasteiger partial charge in [-0.05, 0) is 32.8 Å². The summed E-state index contributed by atoms with van der Waals surface area (Å²) in [4.78, 5) is 0. The van der Waals surface area contributed by atoms with Crippen molar-refractivity contribution in [2.75, 3.05) is 0 Å². The molecule has 1 atom stereocenters. The zero-order valence-corrected chi connectivity index (χ0v) is 10.8. The van der Waals surface area contributed by atoms with Gasteiger partial charge in [0.25, 0.3) is 0 Å². The second-order valence-electron chi connectivity index (χ2n) is 5.22. The lowest BCUT2D eigenvalue weighted by Gasteiger charge is -2.32. The molecule has 1 heteroatoms. The first-order chi connectivity index (χ1) is 8.05. The molecule has 0 aliphatic carbocycles. The molecule has 1 aromatic rings. The summed E-state index contributed by atoms with van der Waals surface area (Å²) in [6, 6.07) is 10.3. The van der Waals surface area contributed by atoms with Gasteiger partial charge >= 0.3 is 0 Å². The zero-order chi connectivity index (χ0) is 12.3. The van der Waals surface area contributed by atoms with Gasteiger partial charge in [0, 0.05) is 0 Å². The van der Waals surface area contributed by atoms with Gasteiger partial charge < -0.3 is 4.74 Å². The number of hydrogen-bond donors (Lipinski definition) is 0. The van der Waals surface area contributed by atoms with Crippen LogP contribution in [0.25, 0.3) is 6.08 Å². The van der Waals surface area contributed by atoms with E-state index in [4.69, 9.17) is 4.74 Å². The van der Waals surface area contributed by atoms with Crippen molar-refractivity contribution in [3.05, 3.63) is 53.6 Å². The molecule has 0 N–H and O–H groups in total.